The quantitative estimate of drug-likeness (QED) is 0.750. The normalized spacial score (nSPS) is 20.5. The Morgan fingerprint density at radius 3 is 2.72 bits per heavy atom. The predicted molar refractivity (Wildman–Crippen MR) is 75.6 cm³/mol. The first-order chi connectivity index (χ1) is 8.29. The number of halogens is 1. The smallest absolute Gasteiger partial charge is 0.229 e. The summed E-state index contributed by atoms with van der Waals surface area (Å²) in [5, 5.41) is 4.24. The number of aromatic nitrogens is 1. The number of hydrogen-bond donors (Lipinski definition) is 1. The zero-order valence-electron chi connectivity index (χ0n) is 9.63. The summed E-state index contributed by atoms with van der Waals surface area (Å²) < 4.78 is 23.5. The maximum atomic E-state index is 11.8. The molecule has 0 saturated carbocycles. The zero-order valence-corrected chi connectivity index (χ0v) is 12.6. The van der Waals surface area contributed by atoms with Gasteiger partial charge in [0.15, 0.2) is 0 Å². The van der Waals surface area contributed by atoms with Gasteiger partial charge < -0.3 is 0 Å². The van der Waals surface area contributed by atoms with Gasteiger partial charge in [-0.2, -0.15) is 0 Å². The van der Waals surface area contributed by atoms with Crippen LogP contribution in [0, 0.1) is 10.5 Å². The molecule has 1 unspecified atom stereocenters. The van der Waals surface area contributed by atoms with Gasteiger partial charge in [0, 0.05) is 22.7 Å². The second kappa shape index (κ2) is 4.74. The first-order valence-corrected chi connectivity index (χ1v) is 7.92. The second-order valence-electron chi connectivity index (χ2n) is 4.21. The summed E-state index contributed by atoms with van der Waals surface area (Å²) in [5.74, 6) is 0.248. The van der Waals surface area contributed by atoms with Crippen LogP contribution in [0.15, 0.2) is 12.3 Å². The van der Waals surface area contributed by atoms with Crippen molar-refractivity contribution in [3.63, 3.8) is 0 Å². The molecule has 0 aromatic carbocycles. The number of nitrogens with zero attached hydrogens (tertiary/aromatic N) is 2. The minimum atomic E-state index is -3.69. The fourth-order valence-corrected chi connectivity index (χ4v) is 3.25. The van der Waals surface area contributed by atoms with Crippen molar-refractivity contribution in [2.24, 2.45) is 5.14 Å². The lowest BCUT2D eigenvalue weighted by Crippen LogP contribution is -2.32. The van der Waals surface area contributed by atoms with Crippen LogP contribution < -0.4 is 10.0 Å². The molecule has 1 amide bonds. The van der Waals surface area contributed by atoms with E-state index in [9.17, 15) is 13.2 Å². The molecule has 0 spiro atoms. The number of carbonyl (C=O) groups is 1. The van der Waals surface area contributed by atoms with Crippen molar-refractivity contribution in [1.29, 1.82) is 0 Å². The van der Waals surface area contributed by atoms with E-state index >= 15 is 0 Å². The third-order valence-corrected chi connectivity index (χ3v) is 4.66. The summed E-state index contributed by atoms with van der Waals surface area (Å²) >= 11 is 2.13. The Balaban J connectivity index is 2.33. The molecular weight excluding hydrogens is 369 g/mol. The van der Waals surface area contributed by atoms with Crippen LogP contribution >= 0.6 is 22.6 Å². The average molecular weight is 381 g/mol. The van der Waals surface area contributed by atoms with Crippen LogP contribution in [-0.4, -0.2) is 31.1 Å². The van der Waals surface area contributed by atoms with Crippen LogP contribution in [0.3, 0.4) is 0 Å². The Morgan fingerprint density at radius 1 is 1.56 bits per heavy atom. The highest BCUT2D eigenvalue weighted by Crippen LogP contribution is 2.25. The standard InChI is InChI=1S/C10H12IN3O3S/c1-6-2-7(11)4-13-10(6)14-5-8(3-9(14)15)18(12,16)17/h2,4,8H,3,5H2,1H3,(H2,12,16,17). The van der Waals surface area contributed by atoms with Crippen LogP contribution in [0.25, 0.3) is 0 Å². The molecule has 1 atom stereocenters. The SMILES string of the molecule is Cc1cc(I)cnc1N1CC(S(N)(=O)=O)CC1=O. The summed E-state index contributed by atoms with van der Waals surface area (Å²) in [7, 11) is -3.69. The molecule has 18 heavy (non-hydrogen) atoms. The van der Waals surface area contributed by atoms with Crippen molar-refractivity contribution in [1.82, 2.24) is 4.98 Å². The van der Waals surface area contributed by atoms with Crippen LogP contribution in [0.1, 0.15) is 12.0 Å². The second-order valence-corrected chi connectivity index (χ2v) is 7.30. The molecule has 1 aromatic heterocycles. The van der Waals surface area contributed by atoms with E-state index in [0.717, 1.165) is 9.13 Å². The van der Waals surface area contributed by atoms with Gasteiger partial charge in [-0.3, -0.25) is 9.69 Å². The maximum absolute atomic E-state index is 11.8. The Hall–Kier alpha value is -0.740. The molecule has 1 fully saturated rings. The Bertz CT molecular complexity index is 602. The van der Waals surface area contributed by atoms with E-state index < -0.39 is 15.3 Å². The summed E-state index contributed by atoms with van der Waals surface area (Å²) in [6.07, 6.45) is 1.56. The van der Waals surface area contributed by atoms with Gasteiger partial charge in [0.2, 0.25) is 15.9 Å². The molecule has 1 aliphatic heterocycles. The molecule has 1 saturated heterocycles. The lowest BCUT2D eigenvalue weighted by Gasteiger charge is -2.17. The van der Waals surface area contributed by atoms with Crippen molar-refractivity contribution in [2.75, 3.05) is 11.4 Å². The molecule has 98 valence electrons. The van der Waals surface area contributed by atoms with Gasteiger partial charge in [0.05, 0.1) is 0 Å². The number of primary sulfonamides is 1. The Morgan fingerprint density at radius 2 is 2.22 bits per heavy atom. The van der Waals surface area contributed by atoms with Gasteiger partial charge in [0.1, 0.15) is 11.1 Å². The van der Waals surface area contributed by atoms with Crippen LogP contribution in [0.5, 0.6) is 0 Å². The third kappa shape index (κ3) is 2.64. The fourth-order valence-electron chi connectivity index (χ4n) is 1.92. The molecule has 2 N–H and O–H groups in total. The summed E-state index contributed by atoms with van der Waals surface area (Å²) in [5.41, 5.74) is 0.838. The third-order valence-electron chi connectivity index (χ3n) is 2.83. The van der Waals surface area contributed by atoms with Gasteiger partial charge >= 0.3 is 0 Å². The highest BCUT2D eigenvalue weighted by Gasteiger charge is 2.38. The summed E-state index contributed by atoms with van der Waals surface area (Å²) in [4.78, 5) is 17.4. The van der Waals surface area contributed by atoms with E-state index in [2.05, 4.69) is 27.6 Å². The number of nitrogens with two attached hydrogens (primary N) is 1. The fraction of sp³-hybridized carbons (Fsp3) is 0.400. The number of aryl methyl sites for hydroxylation is 1. The van der Waals surface area contributed by atoms with E-state index in [4.69, 9.17) is 5.14 Å². The molecule has 6 nitrogen and oxygen atoms in total. The molecule has 1 aliphatic rings. The van der Waals surface area contributed by atoms with E-state index in [0.29, 0.717) is 5.82 Å². The molecule has 0 radical (unpaired) electrons. The van der Waals surface area contributed by atoms with E-state index in [-0.39, 0.29) is 18.9 Å². The van der Waals surface area contributed by atoms with E-state index in [1.54, 1.807) is 6.20 Å². The van der Waals surface area contributed by atoms with Gasteiger partial charge in [-0.25, -0.2) is 18.5 Å². The molecule has 2 heterocycles. The van der Waals surface area contributed by atoms with Crippen molar-refractivity contribution >= 4 is 44.3 Å². The zero-order chi connectivity index (χ0) is 13.5. The van der Waals surface area contributed by atoms with Crippen molar-refractivity contribution < 1.29 is 13.2 Å². The molecular formula is C10H12IN3O3S. The Labute approximate surface area is 119 Å². The topological polar surface area (TPSA) is 93.4 Å². The van der Waals surface area contributed by atoms with Crippen LogP contribution in [0.4, 0.5) is 5.82 Å². The number of rotatable bonds is 2. The van der Waals surface area contributed by atoms with Crippen molar-refractivity contribution in [3.05, 3.63) is 21.4 Å². The number of amides is 1. The monoisotopic (exact) mass is 381 g/mol. The predicted octanol–water partition coefficient (Wildman–Crippen LogP) is 0.388. The molecule has 0 bridgehead atoms. The molecule has 2 rings (SSSR count). The highest BCUT2D eigenvalue weighted by molar-refractivity contribution is 14.1. The number of anilines is 1. The Kier molecular flexibility index (Phi) is 3.60. The first kappa shape index (κ1) is 13.7. The number of carbonyl (C=O) groups excluding carboxylic acids is 1. The number of hydrogen-bond acceptors (Lipinski definition) is 4. The van der Waals surface area contributed by atoms with Gasteiger partial charge in [-0.15, -0.1) is 0 Å². The highest BCUT2D eigenvalue weighted by atomic mass is 127. The van der Waals surface area contributed by atoms with Crippen molar-refractivity contribution in [3.8, 4) is 0 Å². The minimum absolute atomic E-state index is 0.0755. The lowest BCUT2D eigenvalue weighted by molar-refractivity contribution is -0.117. The molecule has 1 aromatic rings. The molecule has 8 heteroatoms. The summed E-state index contributed by atoms with van der Waals surface area (Å²) in [6.45, 7) is 1.91. The maximum Gasteiger partial charge on any atom is 0.229 e. The number of pyridine rings is 1. The first-order valence-electron chi connectivity index (χ1n) is 5.23. The van der Waals surface area contributed by atoms with Gasteiger partial charge in [-0.05, 0) is 41.1 Å². The van der Waals surface area contributed by atoms with E-state index in [1.165, 1.54) is 4.90 Å². The van der Waals surface area contributed by atoms with Gasteiger partial charge in [0.25, 0.3) is 0 Å². The van der Waals surface area contributed by atoms with Gasteiger partial charge in [-0.1, -0.05) is 0 Å². The lowest BCUT2D eigenvalue weighted by atomic mass is 10.3. The number of sulfonamides is 1. The minimum Gasteiger partial charge on any atom is -0.295 e. The van der Waals surface area contributed by atoms with Crippen LogP contribution in [-0.2, 0) is 14.8 Å². The largest absolute Gasteiger partial charge is 0.295 e. The summed E-state index contributed by atoms with van der Waals surface area (Å²) in [6, 6.07) is 1.89. The van der Waals surface area contributed by atoms with Crippen LogP contribution in [0.2, 0.25) is 0 Å². The van der Waals surface area contributed by atoms with E-state index in [1.807, 2.05) is 13.0 Å². The van der Waals surface area contributed by atoms with Crippen molar-refractivity contribution in [2.45, 2.75) is 18.6 Å². The molecule has 0 aliphatic carbocycles. The average Bonchev–Trinajstić information content (AvgIpc) is 2.60.